The van der Waals surface area contributed by atoms with E-state index in [1.165, 1.54) is 25.1 Å². The summed E-state index contributed by atoms with van der Waals surface area (Å²) in [7, 11) is 2.86. The third-order valence-electron chi connectivity index (χ3n) is 5.78. The molecule has 0 saturated heterocycles. The van der Waals surface area contributed by atoms with Gasteiger partial charge in [0, 0.05) is 45.2 Å². The van der Waals surface area contributed by atoms with Crippen molar-refractivity contribution in [3.8, 4) is 11.5 Å². The molecule has 5 atom stereocenters. The molecule has 1 fully saturated rings. The number of carboxylic acids is 1. The Morgan fingerprint density at radius 1 is 1.05 bits per heavy atom. The smallest absolute Gasteiger partial charge is 0.409 e. The van der Waals surface area contributed by atoms with E-state index in [2.05, 4.69) is 5.11 Å². The quantitative estimate of drug-likeness (QED) is 0.307. The van der Waals surface area contributed by atoms with Crippen molar-refractivity contribution in [2.45, 2.75) is 63.8 Å². The largest absolute Gasteiger partial charge is 0.488 e. The summed E-state index contributed by atoms with van der Waals surface area (Å²) >= 11 is 0. The Bertz CT molecular complexity index is 987. The van der Waals surface area contributed by atoms with Gasteiger partial charge in [-0.3, -0.25) is 4.79 Å². The molecule has 1 aliphatic rings. The molecule has 37 heavy (non-hydrogen) atoms. The van der Waals surface area contributed by atoms with Crippen LogP contribution in [0.5, 0.6) is 11.5 Å². The highest BCUT2D eigenvalue weighted by atomic mass is 16.6. The molecule has 1 aromatic rings. The molecule has 1 saturated carbocycles. The number of carbonyl (C=O) groups is 3. The Hall–Kier alpha value is -3.29. The van der Waals surface area contributed by atoms with Crippen LogP contribution in [0.4, 0.5) is 9.59 Å². The topological polar surface area (TPSA) is 187 Å². The van der Waals surface area contributed by atoms with Crippen molar-refractivity contribution in [2.75, 3.05) is 27.2 Å². The molecule has 1 aromatic carbocycles. The number of nitrogens with zero attached hydrogens (tertiary/aromatic N) is 2. The lowest BCUT2D eigenvalue weighted by Gasteiger charge is -2.38. The third kappa shape index (κ3) is 8.37. The zero-order valence-corrected chi connectivity index (χ0v) is 21.5. The maximum absolute atomic E-state index is 12.5. The van der Waals surface area contributed by atoms with Gasteiger partial charge < -0.3 is 49.5 Å². The van der Waals surface area contributed by atoms with Gasteiger partial charge in [-0.15, -0.1) is 0 Å². The lowest BCUT2D eigenvalue weighted by Crippen LogP contribution is -2.57. The molecular formula is C24H36N2O11. The van der Waals surface area contributed by atoms with Crippen LogP contribution in [0, 0.1) is 5.92 Å². The van der Waals surface area contributed by atoms with Gasteiger partial charge in [0.15, 0.2) is 0 Å². The molecule has 1 aliphatic carbocycles. The van der Waals surface area contributed by atoms with Crippen molar-refractivity contribution in [1.29, 1.82) is 1.43 Å². The molecule has 2 amide bonds. The predicted molar refractivity (Wildman–Crippen MR) is 128 cm³/mol. The maximum Gasteiger partial charge on any atom is 0.409 e. The van der Waals surface area contributed by atoms with E-state index < -0.39 is 54.1 Å². The predicted octanol–water partition coefficient (Wildman–Crippen LogP) is 0.977. The second kappa shape index (κ2) is 12.3. The number of aliphatic hydroxyl groups excluding tert-OH is 3. The summed E-state index contributed by atoms with van der Waals surface area (Å²) in [6, 6.07) is 4.71. The first-order chi connectivity index (χ1) is 17.6. The number of rotatable bonds is 9. The molecule has 13 heteroatoms. The highest BCUT2D eigenvalue weighted by molar-refractivity contribution is 5.71. The molecule has 208 valence electrons. The van der Waals surface area contributed by atoms with Gasteiger partial charge in [-0.2, -0.15) is 0 Å². The number of hydrogen-bond donors (Lipinski definition) is 5. The van der Waals surface area contributed by atoms with E-state index in [1.807, 2.05) is 20.8 Å². The first kappa shape index (κ1) is 28.3. The Morgan fingerprint density at radius 3 is 2.30 bits per heavy atom. The highest BCUT2D eigenvalue weighted by Gasteiger charge is 2.47. The van der Waals surface area contributed by atoms with Crippen LogP contribution in [0.3, 0.4) is 0 Å². The van der Waals surface area contributed by atoms with E-state index in [-0.39, 0.29) is 31.9 Å². The summed E-state index contributed by atoms with van der Waals surface area (Å²) in [5.41, 5.74) is -0.199. The van der Waals surface area contributed by atoms with Crippen molar-refractivity contribution in [2.24, 2.45) is 5.92 Å². The first-order valence-electron chi connectivity index (χ1n) is 12.1. The maximum atomic E-state index is 12.5. The molecule has 0 heterocycles. The first-order valence-corrected chi connectivity index (χ1v) is 11.7. The Kier molecular flexibility index (Phi) is 9.40. The minimum absolute atomic E-state index is 0.0923. The van der Waals surface area contributed by atoms with Crippen LogP contribution in [0.25, 0.3) is 1.43 Å². The summed E-state index contributed by atoms with van der Waals surface area (Å²) in [5, 5.41) is 44.0. The average Bonchev–Trinajstić information content (AvgIpc) is 2.84. The van der Waals surface area contributed by atoms with Crippen LogP contribution < -0.4 is 9.47 Å². The summed E-state index contributed by atoms with van der Waals surface area (Å²) < 4.78 is 23.8. The minimum Gasteiger partial charge on any atom is -0.488 e. The SMILES string of the molecule is [2H]OC(=O)N(C)CCN(C)C(=O)OCc1ccc(OC(C)(C)C)cc1O[C@@H]1C[C@H](C(=O)O)[C@@H](O)[C@H](O)[C@H]1O. The number of aliphatic hydroxyl groups is 3. The number of carboxylic acid groups (broad SMARTS) is 2. The van der Waals surface area contributed by atoms with Crippen LogP contribution in [-0.4, -0.2) is 111 Å². The molecule has 13 nitrogen and oxygen atoms in total. The molecule has 0 spiro atoms. The molecule has 0 radical (unpaired) electrons. The van der Waals surface area contributed by atoms with Crippen LogP contribution in [-0.2, 0) is 16.1 Å². The standard InChI is InChI=1S/C24H36N2O11/c1-24(2,3)37-14-7-6-13(12-35-23(34)26(5)9-8-25(4)22(32)33)16(10-14)36-17-11-15(21(30)31)18(27)20(29)19(17)28/h6-7,10,15,17-20,27-29H,8-9,11-12H2,1-5H3,(H,30,31)(H,32,33)/t15-,17+,18+,19-,20-/m0/s1/i/hD. The molecule has 0 aromatic heterocycles. The van der Waals surface area contributed by atoms with Crippen LogP contribution >= 0.6 is 0 Å². The molecule has 0 aliphatic heterocycles. The lowest BCUT2D eigenvalue weighted by atomic mass is 9.80. The van der Waals surface area contributed by atoms with E-state index in [9.17, 15) is 34.8 Å². The second-order valence-corrected chi connectivity index (χ2v) is 9.96. The van der Waals surface area contributed by atoms with Crippen LogP contribution in [0.15, 0.2) is 18.2 Å². The lowest BCUT2D eigenvalue weighted by molar-refractivity contribution is -0.174. The van der Waals surface area contributed by atoms with Gasteiger partial charge in [0.25, 0.3) is 1.43 Å². The van der Waals surface area contributed by atoms with Gasteiger partial charge in [0.1, 0.15) is 42.0 Å². The summed E-state index contributed by atoms with van der Waals surface area (Å²) in [6.07, 6.45) is -8.07. The van der Waals surface area contributed by atoms with Gasteiger partial charge in [0.2, 0.25) is 0 Å². The fourth-order valence-corrected chi connectivity index (χ4v) is 3.63. The van der Waals surface area contributed by atoms with Crippen molar-refractivity contribution in [3.05, 3.63) is 23.8 Å². The number of likely N-dealkylation sites (N-methyl/N-ethyl adjacent to an activating group) is 2. The van der Waals surface area contributed by atoms with Crippen molar-refractivity contribution in [1.82, 2.24) is 9.80 Å². The number of aliphatic carboxylic acids is 1. The molecule has 0 unspecified atom stereocenters. The number of amides is 2. The van der Waals surface area contributed by atoms with Crippen molar-refractivity contribution < 1.29 is 54.1 Å². The normalized spacial score (nSPS) is 23.9. The van der Waals surface area contributed by atoms with Gasteiger partial charge in [-0.1, -0.05) is 0 Å². The van der Waals surface area contributed by atoms with Crippen molar-refractivity contribution >= 4 is 18.2 Å². The Balaban J connectivity index is 2.20. The van der Waals surface area contributed by atoms with Crippen LogP contribution in [0.2, 0.25) is 0 Å². The molecule has 5 N–H and O–H groups in total. The highest BCUT2D eigenvalue weighted by Crippen LogP contribution is 2.33. The fraction of sp³-hybridized carbons (Fsp3) is 0.625. The zero-order chi connectivity index (χ0) is 28.8. The van der Waals surface area contributed by atoms with Gasteiger partial charge in [0.05, 0.1) is 12.0 Å². The number of ether oxygens (including phenoxy) is 3. The Morgan fingerprint density at radius 2 is 1.70 bits per heavy atom. The van der Waals surface area contributed by atoms with E-state index in [0.717, 1.165) is 4.90 Å². The molecular weight excluding hydrogens is 492 g/mol. The van der Waals surface area contributed by atoms with Crippen molar-refractivity contribution in [3.63, 3.8) is 0 Å². The minimum atomic E-state index is -1.75. The molecule has 0 bridgehead atoms. The third-order valence-corrected chi connectivity index (χ3v) is 5.78. The van der Waals surface area contributed by atoms with Gasteiger partial charge >= 0.3 is 18.2 Å². The van der Waals surface area contributed by atoms with Gasteiger partial charge in [-0.25, -0.2) is 9.59 Å². The zero-order valence-electron chi connectivity index (χ0n) is 22.5. The van der Waals surface area contributed by atoms with Crippen LogP contribution in [0.1, 0.15) is 32.8 Å². The fourth-order valence-electron chi connectivity index (χ4n) is 3.63. The average molecular weight is 530 g/mol. The summed E-state index contributed by atoms with van der Waals surface area (Å²) in [4.78, 5) is 37.7. The van der Waals surface area contributed by atoms with E-state index in [4.69, 9.17) is 15.6 Å². The second-order valence-electron chi connectivity index (χ2n) is 9.96. The van der Waals surface area contributed by atoms with E-state index in [0.29, 0.717) is 11.3 Å². The van der Waals surface area contributed by atoms with E-state index >= 15 is 0 Å². The molecule has 2 rings (SSSR count). The number of carbonyl (C=O) groups excluding carboxylic acids is 1. The number of benzene rings is 1. The summed E-state index contributed by atoms with van der Waals surface area (Å²) in [5.74, 6) is -2.20. The van der Waals surface area contributed by atoms with E-state index in [1.54, 1.807) is 12.1 Å². The monoisotopic (exact) mass is 529 g/mol. The summed E-state index contributed by atoms with van der Waals surface area (Å²) in [6.45, 7) is 5.42. The van der Waals surface area contributed by atoms with Gasteiger partial charge in [-0.05, 0) is 32.9 Å². The Labute approximate surface area is 216 Å². The number of hydrogen-bond acceptors (Lipinski definition) is 10.